The van der Waals surface area contributed by atoms with Gasteiger partial charge in [0, 0.05) is 24.0 Å². The van der Waals surface area contributed by atoms with Crippen LogP contribution in [0.4, 0.5) is 11.4 Å². The molecule has 0 atom stereocenters. The number of carbonyl (C=O) groups is 1. The number of hydrogen-bond acceptors (Lipinski definition) is 4. The summed E-state index contributed by atoms with van der Waals surface area (Å²) in [6.07, 6.45) is 1.56. The predicted molar refractivity (Wildman–Crippen MR) is 76.7 cm³/mol. The summed E-state index contributed by atoms with van der Waals surface area (Å²) in [6.45, 7) is -0.0623. The second kappa shape index (κ2) is 5.92. The second-order valence-electron chi connectivity index (χ2n) is 4.17. The Morgan fingerprint density at radius 1 is 1.35 bits per heavy atom. The Labute approximate surface area is 115 Å². The summed E-state index contributed by atoms with van der Waals surface area (Å²) in [4.78, 5) is 23.4. The molecule has 0 radical (unpaired) electrons. The van der Waals surface area contributed by atoms with Crippen molar-refractivity contribution in [2.75, 3.05) is 18.2 Å². The number of rotatable bonds is 4. The van der Waals surface area contributed by atoms with Crippen LogP contribution in [-0.2, 0) is 11.3 Å². The molecule has 3 N–H and O–H groups in total. The van der Waals surface area contributed by atoms with Gasteiger partial charge in [0.05, 0.1) is 12.8 Å². The van der Waals surface area contributed by atoms with Gasteiger partial charge < -0.3 is 20.4 Å². The maximum absolute atomic E-state index is 11.9. The summed E-state index contributed by atoms with van der Waals surface area (Å²) in [5.41, 5.74) is 6.46. The molecule has 104 valence electrons. The van der Waals surface area contributed by atoms with Crippen LogP contribution in [0.15, 0.2) is 47.4 Å². The molecule has 0 unspecified atom stereocenters. The van der Waals surface area contributed by atoms with E-state index in [2.05, 4.69) is 5.32 Å². The first-order valence-electron chi connectivity index (χ1n) is 5.99. The number of benzene rings is 1. The minimum Gasteiger partial charge on any atom is -0.494 e. The largest absolute Gasteiger partial charge is 0.494 e. The highest BCUT2D eigenvalue weighted by Crippen LogP contribution is 2.26. The predicted octanol–water partition coefficient (Wildman–Crippen LogP) is 1.08. The van der Waals surface area contributed by atoms with E-state index in [1.165, 1.54) is 17.7 Å². The van der Waals surface area contributed by atoms with E-state index in [1.54, 1.807) is 36.5 Å². The third-order valence-electron chi connectivity index (χ3n) is 2.71. The van der Waals surface area contributed by atoms with E-state index >= 15 is 0 Å². The first kappa shape index (κ1) is 13.7. The zero-order valence-corrected chi connectivity index (χ0v) is 11.0. The number of ether oxygens (including phenoxy) is 1. The number of nitrogen functional groups attached to an aromatic ring is 1. The molecule has 0 aliphatic heterocycles. The molecule has 0 saturated heterocycles. The Bertz CT molecular complexity index is 679. The number of amides is 1. The monoisotopic (exact) mass is 273 g/mol. The zero-order valence-electron chi connectivity index (χ0n) is 11.0. The van der Waals surface area contributed by atoms with Crippen LogP contribution in [0.2, 0.25) is 0 Å². The second-order valence-corrected chi connectivity index (χ2v) is 4.17. The number of nitrogens with zero attached hydrogens (tertiary/aromatic N) is 1. The quantitative estimate of drug-likeness (QED) is 0.816. The summed E-state index contributed by atoms with van der Waals surface area (Å²) < 4.78 is 6.46. The number of hydrogen-bond donors (Lipinski definition) is 2. The number of methoxy groups -OCH3 is 1. The molecular weight excluding hydrogens is 258 g/mol. The van der Waals surface area contributed by atoms with Crippen LogP contribution in [0.3, 0.4) is 0 Å². The van der Waals surface area contributed by atoms with Crippen molar-refractivity contribution >= 4 is 17.3 Å². The number of aromatic nitrogens is 1. The smallest absolute Gasteiger partial charge is 0.250 e. The van der Waals surface area contributed by atoms with E-state index in [-0.39, 0.29) is 18.0 Å². The van der Waals surface area contributed by atoms with Gasteiger partial charge in [0.1, 0.15) is 12.3 Å². The molecule has 0 bridgehead atoms. The molecule has 6 heteroatoms. The van der Waals surface area contributed by atoms with E-state index < -0.39 is 0 Å². The van der Waals surface area contributed by atoms with Gasteiger partial charge in [-0.05, 0) is 18.2 Å². The Balaban J connectivity index is 2.13. The molecule has 0 aliphatic rings. The molecule has 6 nitrogen and oxygen atoms in total. The van der Waals surface area contributed by atoms with Crippen LogP contribution in [0.1, 0.15) is 0 Å². The topological polar surface area (TPSA) is 86.3 Å². The summed E-state index contributed by atoms with van der Waals surface area (Å²) in [5.74, 6) is 0.153. The molecule has 1 aromatic carbocycles. The fraction of sp³-hybridized carbons (Fsp3) is 0.143. The Morgan fingerprint density at radius 3 is 2.85 bits per heavy atom. The lowest BCUT2D eigenvalue weighted by Crippen LogP contribution is -2.26. The lowest BCUT2D eigenvalue weighted by molar-refractivity contribution is -0.116. The number of nitrogens with two attached hydrogens (primary N) is 1. The van der Waals surface area contributed by atoms with Crippen LogP contribution in [0.25, 0.3) is 0 Å². The van der Waals surface area contributed by atoms with Crippen LogP contribution >= 0.6 is 0 Å². The highest BCUT2D eigenvalue weighted by Gasteiger charge is 2.09. The van der Waals surface area contributed by atoms with Crippen molar-refractivity contribution in [3.63, 3.8) is 0 Å². The fourth-order valence-electron chi connectivity index (χ4n) is 1.75. The Hall–Kier alpha value is -2.76. The number of nitrogens with one attached hydrogen (secondary N) is 1. The average molecular weight is 273 g/mol. The SMILES string of the molecule is COc1cc(N)ccc1NC(=O)Cn1ccccc1=O. The lowest BCUT2D eigenvalue weighted by Gasteiger charge is -2.11. The number of pyridine rings is 1. The highest BCUT2D eigenvalue weighted by atomic mass is 16.5. The van der Waals surface area contributed by atoms with Crippen molar-refractivity contribution in [3.8, 4) is 5.75 Å². The third kappa shape index (κ3) is 3.17. The molecule has 2 aromatic rings. The summed E-state index contributed by atoms with van der Waals surface area (Å²) in [6, 6.07) is 9.65. The molecule has 0 aliphatic carbocycles. The van der Waals surface area contributed by atoms with E-state index in [4.69, 9.17) is 10.5 Å². The van der Waals surface area contributed by atoms with Gasteiger partial charge in [-0.3, -0.25) is 9.59 Å². The van der Waals surface area contributed by atoms with Crippen LogP contribution in [0, 0.1) is 0 Å². The highest BCUT2D eigenvalue weighted by molar-refractivity contribution is 5.92. The first-order chi connectivity index (χ1) is 9.60. The van der Waals surface area contributed by atoms with Gasteiger partial charge in [0.2, 0.25) is 5.91 Å². The molecule has 1 amide bonds. The van der Waals surface area contributed by atoms with Crippen molar-refractivity contribution in [3.05, 3.63) is 52.9 Å². The van der Waals surface area contributed by atoms with Crippen molar-refractivity contribution in [1.29, 1.82) is 0 Å². The maximum atomic E-state index is 11.9. The van der Waals surface area contributed by atoms with Crippen molar-refractivity contribution in [2.24, 2.45) is 0 Å². The third-order valence-corrected chi connectivity index (χ3v) is 2.71. The summed E-state index contributed by atoms with van der Waals surface area (Å²) in [7, 11) is 1.49. The molecule has 0 saturated carbocycles. The Morgan fingerprint density at radius 2 is 2.15 bits per heavy atom. The molecule has 1 aromatic heterocycles. The summed E-state index contributed by atoms with van der Waals surface area (Å²) >= 11 is 0. The van der Waals surface area contributed by atoms with Gasteiger partial charge >= 0.3 is 0 Å². The van der Waals surface area contributed by atoms with Crippen molar-refractivity contribution in [1.82, 2.24) is 4.57 Å². The normalized spacial score (nSPS) is 10.1. The van der Waals surface area contributed by atoms with Gasteiger partial charge in [-0.2, -0.15) is 0 Å². The first-order valence-corrected chi connectivity index (χ1v) is 5.99. The van der Waals surface area contributed by atoms with Gasteiger partial charge in [0.15, 0.2) is 0 Å². The van der Waals surface area contributed by atoms with E-state index in [0.29, 0.717) is 17.1 Å². The van der Waals surface area contributed by atoms with Crippen LogP contribution < -0.4 is 21.3 Å². The molecule has 0 fully saturated rings. The van der Waals surface area contributed by atoms with E-state index in [9.17, 15) is 9.59 Å². The van der Waals surface area contributed by atoms with Crippen LogP contribution in [-0.4, -0.2) is 17.6 Å². The standard InChI is InChI=1S/C14H15N3O3/c1-20-12-8-10(15)5-6-11(12)16-13(18)9-17-7-3-2-4-14(17)19/h2-8H,9,15H2,1H3,(H,16,18). The van der Waals surface area contributed by atoms with Crippen molar-refractivity contribution < 1.29 is 9.53 Å². The fourth-order valence-corrected chi connectivity index (χ4v) is 1.75. The van der Waals surface area contributed by atoms with E-state index in [0.717, 1.165) is 0 Å². The molecule has 0 spiro atoms. The number of anilines is 2. The van der Waals surface area contributed by atoms with Crippen LogP contribution in [0.5, 0.6) is 5.75 Å². The van der Waals surface area contributed by atoms with Gasteiger partial charge in [-0.15, -0.1) is 0 Å². The minimum absolute atomic E-state index is 0.0623. The minimum atomic E-state index is -0.318. The average Bonchev–Trinajstić information content (AvgIpc) is 2.43. The summed E-state index contributed by atoms with van der Waals surface area (Å²) in [5, 5.41) is 2.69. The number of carbonyl (C=O) groups excluding carboxylic acids is 1. The van der Waals surface area contributed by atoms with Gasteiger partial charge in [-0.1, -0.05) is 6.07 Å². The lowest BCUT2D eigenvalue weighted by atomic mass is 10.2. The Kier molecular flexibility index (Phi) is 4.05. The molecular formula is C14H15N3O3. The van der Waals surface area contributed by atoms with Gasteiger partial charge in [0.25, 0.3) is 5.56 Å². The molecule has 1 heterocycles. The van der Waals surface area contributed by atoms with Crippen molar-refractivity contribution in [2.45, 2.75) is 6.54 Å². The molecule has 2 rings (SSSR count). The molecule has 20 heavy (non-hydrogen) atoms. The maximum Gasteiger partial charge on any atom is 0.250 e. The van der Waals surface area contributed by atoms with Gasteiger partial charge in [-0.25, -0.2) is 0 Å². The van der Waals surface area contributed by atoms with E-state index in [1.807, 2.05) is 0 Å². The zero-order chi connectivity index (χ0) is 14.5.